The van der Waals surface area contributed by atoms with Gasteiger partial charge in [-0.15, -0.1) is 0 Å². The van der Waals surface area contributed by atoms with Gasteiger partial charge in [-0.3, -0.25) is 4.90 Å². The molecule has 0 amide bonds. The van der Waals surface area contributed by atoms with Crippen molar-refractivity contribution in [3.63, 3.8) is 0 Å². The Hall–Kier alpha value is -0.930. The third-order valence-electron chi connectivity index (χ3n) is 3.85. The second-order valence-electron chi connectivity index (χ2n) is 5.28. The van der Waals surface area contributed by atoms with Crippen molar-refractivity contribution in [2.24, 2.45) is 11.7 Å². The second kappa shape index (κ2) is 5.81. The van der Waals surface area contributed by atoms with Crippen molar-refractivity contribution in [2.45, 2.75) is 32.7 Å². The van der Waals surface area contributed by atoms with E-state index in [2.05, 4.69) is 11.8 Å². The lowest BCUT2D eigenvalue weighted by molar-refractivity contribution is 0.203. The highest BCUT2D eigenvalue weighted by Gasteiger charge is 2.28. The van der Waals surface area contributed by atoms with Gasteiger partial charge in [0.05, 0.1) is 0 Å². The van der Waals surface area contributed by atoms with Crippen molar-refractivity contribution in [1.82, 2.24) is 4.90 Å². The summed E-state index contributed by atoms with van der Waals surface area (Å²) in [5.74, 6) is 0.678. The lowest BCUT2D eigenvalue weighted by atomic mass is 9.99. The maximum Gasteiger partial charge on any atom is 0.123 e. The Bertz CT molecular complexity index is 401. The first kappa shape index (κ1) is 13.5. The molecule has 2 N–H and O–H groups in total. The number of benzene rings is 1. The Morgan fingerprint density at radius 1 is 1.44 bits per heavy atom. The highest BCUT2D eigenvalue weighted by atomic mass is 19.1. The molecular weight excluding hydrogens is 227 g/mol. The minimum atomic E-state index is -0.169. The van der Waals surface area contributed by atoms with E-state index in [9.17, 15) is 4.39 Å². The number of hydrogen-bond donors (Lipinski definition) is 1. The molecule has 1 saturated carbocycles. The van der Waals surface area contributed by atoms with Crippen LogP contribution in [0.3, 0.4) is 0 Å². The molecule has 0 spiro atoms. The van der Waals surface area contributed by atoms with Gasteiger partial charge in [0.15, 0.2) is 0 Å². The Morgan fingerprint density at radius 3 is 2.67 bits per heavy atom. The molecule has 100 valence electrons. The Labute approximate surface area is 109 Å². The maximum absolute atomic E-state index is 13.2. The molecule has 1 atom stereocenters. The van der Waals surface area contributed by atoms with E-state index in [1.807, 2.05) is 13.0 Å². The second-order valence-corrected chi connectivity index (χ2v) is 5.28. The molecule has 1 aromatic carbocycles. The van der Waals surface area contributed by atoms with Crippen molar-refractivity contribution in [3.05, 3.63) is 35.1 Å². The molecule has 1 aliphatic carbocycles. The summed E-state index contributed by atoms with van der Waals surface area (Å²) in [4.78, 5) is 2.43. The molecular formula is C15H23FN2. The van der Waals surface area contributed by atoms with Gasteiger partial charge in [0.2, 0.25) is 0 Å². The molecule has 2 nitrogen and oxygen atoms in total. The van der Waals surface area contributed by atoms with E-state index in [1.54, 1.807) is 6.07 Å². The smallest absolute Gasteiger partial charge is 0.123 e. The fourth-order valence-corrected chi connectivity index (χ4v) is 2.59. The van der Waals surface area contributed by atoms with Crippen LogP contribution >= 0.6 is 0 Å². The number of rotatable bonds is 6. The number of halogens is 1. The molecule has 18 heavy (non-hydrogen) atoms. The molecule has 0 heterocycles. The molecule has 0 radical (unpaired) electrons. The van der Waals surface area contributed by atoms with Gasteiger partial charge in [-0.2, -0.15) is 0 Å². The first-order valence-corrected chi connectivity index (χ1v) is 6.85. The van der Waals surface area contributed by atoms with Gasteiger partial charge in [0.1, 0.15) is 5.82 Å². The van der Waals surface area contributed by atoms with E-state index in [0.29, 0.717) is 6.54 Å². The van der Waals surface area contributed by atoms with Gasteiger partial charge in [0.25, 0.3) is 0 Å². The summed E-state index contributed by atoms with van der Waals surface area (Å²) in [7, 11) is 0. The van der Waals surface area contributed by atoms with Gasteiger partial charge in [-0.1, -0.05) is 13.0 Å². The molecule has 1 unspecified atom stereocenters. The zero-order valence-electron chi connectivity index (χ0n) is 11.3. The Kier molecular flexibility index (Phi) is 4.36. The van der Waals surface area contributed by atoms with Crippen molar-refractivity contribution >= 4 is 0 Å². The fourth-order valence-electron chi connectivity index (χ4n) is 2.59. The first-order valence-electron chi connectivity index (χ1n) is 6.85. The molecule has 0 aromatic heterocycles. The minimum Gasteiger partial charge on any atom is -0.329 e. The zero-order chi connectivity index (χ0) is 13.1. The summed E-state index contributed by atoms with van der Waals surface area (Å²) >= 11 is 0. The quantitative estimate of drug-likeness (QED) is 0.841. The fraction of sp³-hybridized carbons (Fsp3) is 0.600. The molecule has 3 heteroatoms. The normalized spacial score (nSPS) is 17.2. The van der Waals surface area contributed by atoms with E-state index in [0.717, 1.165) is 24.6 Å². The average Bonchev–Trinajstić information content (AvgIpc) is 3.15. The third-order valence-corrected chi connectivity index (χ3v) is 3.85. The third kappa shape index (κ3) is 3.09. The van der Waals surface area contributed by atoms with E-state index in [-0.39, 0.29) is 11.9 Å². The maximum atomic E-state index is 13.2. The molecule has 2 rings (SSSR count). The summed E-state index contributed by atoms with van der Waals surface area (Å²) in [6.45, 7) is 6.84. The monoisotopic (exact) mass is 250 g/mol. The molecule has 0 aliphatic heterocycles. The number of hydrogen-bond acceptors (Lipinski definition) is 2. The predicted molar refractivity (Wildman–Crippen MR) is 72.9 cm³/mol. The lowest BCUT2D eigenvalue weighted by Gasteiger charge is -2.31. The zero-order valence-corrected chi connectivity index (χ0v) is 11.3. The summed E-state index contributed by atoms with van der Waals surface area (Å²) < 4.78 is 13.2. The molecule has 1 aliphatic rings. The predicted octanol–water partition coefficient (Wildman–Crippen LogP) is 2.87. The largest absolute Gasteiger partial charge is 0.329 e. The van der Waals surface area contributed by atoms with Crippen LogP contribution in [-0.4, -0.2) is 24.5 Å². The van der Waals surface area contributed by atoms with Gasteiger partial charge in [0, 0.05) is 19.1 Å². The van der Waals surface area contributed by atoms with Crippen molar-refractivity contribution in [1.29, 1.82) is 0 Å². The summed E-state index contributed by atoms with van der Waals surface area (Å²) in [5, 5.41) is 0. The molecule has 0 saturated heterocycles. The van der Waals surface area contributed by atoms with E-state index in [4.69, 9.17) is 5.73 Å². The highest BCUT2D eigenvalue weighted by Crippen LogP contribution is 2.33. The van der Waals surface area contributed by atoms with Crippen LogP contribution in [0.15, 0.2) is 18.2 Å². The summed E-state index contributed by atoms with van der Waals surface area (Å²) in [6.07, 6.45) is 2.69. The first-order chi connectivity index (χ1) is 8.65. The van der Waals surface area contributed by atoms with Gasteiger partial charge in [-0.05, 0) is 55.5 Å². The van der Waals surface area contributed by atoms with E-state index >= 15 is 0 Å². The van der Waals surface area contributed by atoms with E-state index < -0.39 is 0 Å². The molecule has 0 bridgehead atoms. The van der Waals surface area contributed by atoms with Crippen LogP contribution in [0, 0.1) is 18.7 Å². The Balaban J connectivity index is 2.18. The number of aryl methyl sites for hydroxylation is 1. The Morgan fingerprint density at radius 2 is 2.17 bits per heavy atom. The highest BCUT2D eigenvalue weighted by molar-refractivity contribution is 5.30. The van der Waals surface area contributed by atoms with Gasteiger partial charge < -0.3 is 5.73 Å². The molecule has 1 fully saturated rings. The topological polar surface area (TPSA) is 29.3 Å². The van der Waals surface area contributed by atoms with Gasteiger partial charge >= 0.3 is 0 Å². The summed E-state index contributed by atoms with van der Waals surface area (Å²) in [5.41, 5.74) is 8.12. The van der Waals surface area contributed by atoms with Crippen LogP contribution in [0.25, 0.3) is 0 Å². The van der Waals surface area contributed by atoms with Crippen molar-refractivity contribution in [2.75, 3.05) is 19.6 Å². The standard InChI is InChI=1S/C15H23FN2/c1-3-18(10-12-4-5-12)15(9-17)14-7-6-13(16)8-11(14)2/h6-8,12,15H,3-5,9-10,17H2,1-2H3. The minimum absolute atomic E-state index is 0.169. The van der Waals surface area contributed by atoms with Crippen LogP contribution < -0.4 is 5.73 Å². The lowest BCUT2D eigenvalue weighted by Crippen LogP contribution is -2.35. The number of nitrogens with two attached hydrogens (primary N) is 1. The summed E-state index contributed by atoms with van der Waals surface area (Å²) in [6, 6.07) is 5.24. The molecule has 1 aromatic rings. The number of nitrogens with zero attached hydrogens (tertiary/aromatic N) is 1. The van der Waals surface area contributed by atoms with Crippen LogP contribution in [0.4, 0.5) is 4.39 Å². The van der Waals surface area contributed by atoms with Crippen LogP contribution in [-0.2, 0) is 0 Å². The van der Waals surface area contributed by atoms with Crippen LogP contribution in [0.1, 0.15) is 36.9 Å². The number of likely N-dealkylation sites (N-methyl/N-ethyl adjacent to an activating group) is 1. The van der Waals surface area contributed by atoms with Crippen molar-refractivity contribution < 1.29 is 4.39 Å². The van der Waals surface area contributed by atoms with Crippen LogP contribution in [0.5, 0.6) is 0 Å². The van der Waals surface area contributed by atoms with Crippen molar-refractivity contribution in [3.8, 4) is 0 Å². The van der Waals surface area contributed by atoms with E-state index in [1.165, 1.54) is 24.5 Å². The van der Waals surface area contributed by atoms with Gasteiger partial charge in [-0.25, -0.2) is 4.39 Å². The average molecular weight is 250 g/mol. The van der Waals surface area contributed by atoms with Crippen LogP contribution in [0.2, 0.25) is 0 Å². The SMILES string of the molecule is CCN(CC1CC1)C(CN)c1ccc(F)cc1C.